The number of hydrogen-bond donors (Lipinski definition) is 1. The quantitative estimate of drug-likeness (QED) is 0.726. The van der Waals surface area contributed by atoms with Crippen molar-refractivity contribution in [3.8, 4) is 11.1 Å². The van der Waals surface area contributed by atoms with Gasteiger partial charge >= 0.3 is 0 Å². The van der Waals surface area contributed by atoms with Crippen LogP contribution in [0.4, 0.5) is 5.69 Å². The summed E-state index contributed by atoms with van der Waals surface area (Å²) in [5, 5.41) is 0.653. The Hall–Kier alpha value is -1.54. The summed E-state index contributed by atoms with van der Waals surface area (Å²) in [5.41, 5.74) is 8.57. The molecule has 14 heavy (non-hydrogen) atoms. The van der Waals surface area contributed by atoms with Gasteiger partial charge in [-0.1, -0.05) is 17.7 Å². The molecule has 0 unspecified atom stereocenters. The molecular weight excluding hydrogens is 196 g/mol. The van der Waals surface area contributed by atoms with Gasteiger partial charge in [0.25, 0.3) is 0 Å². The molecule has 0 spiro atoms. The molecule has 2 N–H and O–H groups in total. The van der Waals surface area contributed by atoms with Gasteiger partial charge in [-0.3, -0.25) is 4.98 Å². The predicted octanol–water partition coefficient (Wildman–Crippen LogP) is 2.98. The van der Waals surface area contributed by atoms with Crippen LogP contribution < -0.4 is 5.73 Å². The topological polar surface area (TPSA) is 38.9 Å². The van der Waals surface area contributed by atoms with Gasteiger partial charge in [0.05, 0.1) is 0 Å². The van der Waals surface area contributed by atoms with Crippen LogP contribution in [-0.2, 0) is 0 Å². The lowest BCUT2D eigenvalue weighted by molar-refractivity contribution is 1.33. The van der Waals surface area contributed by atoms with Gasteiger partial charge in [-0.05, 0) is 29.8 Å². The molecule has 0 amide bonds. The Morgan fingerprint density at radius 1 is 1.07 bits per heavy atom. The Labute approximate surface area is 87.4 Å². The van der Waals surface area contributed by atoms with Crippen molar-refractivity contribution in [3.63, 3.8) is 0 Å². The monoisotopic (exact) mass is 204 g/mol. The highest BCUT2D eigenvalue weighted by Gasteiger charge is 2.01. The smallest absolute Gasteiger partial charge is 0.0426 e. The maximum absolute atomic E-state index is 5.85. The number of hydrogen-bond acceptors (Lipinski definition) is 2. The molecule has 0 saturated heterocycles. The molecule has 0 aliphatic heterocycles. The maximum Gasteiger partial charge on any atom is 0.0426 e. The lowest BCUT2D eigenvalue weighted by Crippen LogP contribution is -1.89. The third kappa shape index (κ3) is 1.70. The minimum Gasteiger partial charge on any atom is -0.398 e. The number of rotatable bonds is 1. The van der Waals surface area contributed by atoms with Gasteiger partial charge < -0.3 is 5.73 Å². The number of halogens is 1. The van der Waals surface area contributed by atoms with Crippen molar-refractivity contribution >= 4 is 17.3 Å². The Morgan fingerprint density at radius 2 is 1.79 bits per heavy atom. The molecule has 0 aliphatic rings. The average molecular weight is 205 g/mol. The molecule has 1 aromatic heterocycles. The minimum absolute atomic E-state index is 0.653. The van der Waals surface area contributed by atoms with Crippen LogP contribution in [0.3, 0.4) is 0 Å². The number of nitrogens with zero attached hydrogens (tertiary/aromatic N) is 1. The molecular formula is C11H9ClN2. The molecule has 0 bridgehead atoms. The summed E-state index contributed by atoms with van der Waals surface area (Å²) in [6, 6.07) is 9.32. The van der Waals surface area contributed by atoms with Gasteiger partial charge in [-0.15, -0.1) is 0 Å². The zero-order valence-electron chi connectivity index (χ0n) is 7.44. The van der Waals surface area contributed by atoms with Crippen LogP contribution in [0.15, 0.2) is 42.7 Å². The Morgan fingerprint density at radius 3 is 2.43 bits per heavy atom. The SMILES string of the molecule is Nc1cc(Cl)ccc1-c1ccncc1. The van der Waals surface area contributed by atoms with Crippen molar-refractivity contribution in [2.75, 3.05) is 5.73 Å². The van der Waals surface area contributed by atoms with E-state index in [-0.39, 0.29) is 0 Å². The van der Waals surface area contributed by atoms with E-state index in [9.17, 15) is 0 Å². The fourth-order valence-corrected chi connectivity index (χ4v) is 1.51. The van der Waals surface area contributed by atoms with E-state index in [0.717, 1.165) is 11.1 Å². The van der Waals surface area contributed by atoms with Gasteiger partial charge in [0.1, 0.15) is 0 Å². The first-order valence-electron chi connectivity index (χ1n) is 4.23. The molecule has 0 saturated carbocycles. The molecule has 1 aromatic carbocycles. The van der Waals surface area contributed by atoms with E-state index in [1.165, 1.54) is 0 Å². The van der Waals surface area contributed by atoms with Crippen LogP contribution in [0, 0.1) is 0 Å². The van der Waals surface area contributed by atoms with Gasteiger partial charge in [0.15, 0.2) is 0 Å². The average Bonchev–Trinajstić information content (AvgIpc) is 2.19. The van der Waals surface area contributed by atoms with Crippen molar-refractivity contribution in [1.82, 2.24) is 4.98 Å². The van der Waals surface area contributed by atoms with Crippen LogP contribution in [0.5, 0.6) is 0 Å². The first-order valence-corrected chi connectivity index (χ1v) is 4.60. The molecule has 0 radical (unpaired) electrons. The fourth-order valence-electron chi connectivity index (χ4n) is 1.33. The van der Waals surface area contributed by atoms with E-state index in [2.05, 4.69) is 4.98 Å². The third-order valence-corrected chi connectivity index (χ3v) is 2.24. The summed E-state index contributed by atoms with van der Waals surface area (Å²) in [5.74, 6) is 0. The summed E-state index contributed by atoms with van der Waals surface area (Å²) in [4.78, 5) is 3.95. The Bertz CT molecular complexity index is 440. The summed E-state index contributed by atoms with van der Waals surface area (Å²) in [7, 11) is 0. The normalized spacial score (nSPS) is 10.1. The number of aromatic nitrogens is 1. The first kappa shape index (κ1) is 9.03. The number of pyridine rings is 1. The highest BCUT2D eigenvalue weighted by atomic mass is 35.5. The van der Waals surface area contributed by atoms with Crippen LogP contribution >= 0.6 is 11.6 Å². The maximum atomic E-state index is 5.85. The van der Waals surface area contributed by atoms with E-state index in [1.807, 2.05) is 24.3 Å². The summed E-state index contributed by atoms with van der Waals surface area (Å²) in [6.45, 7) is 0. The van der Waals surface area contributed by atoms with Gasteiger partial charge in [-0.2, -0.15) is 0 Å². The van der Waals surface area contributed by atoms with E-state index < -0.39 is 0 Å². The zero-order chi connectivity index (χ0) is 9.97. The van der Waals surface area contributed by atoms with Crippen molar-refractivity contribution in [2.24, 2.45) is 0 Å². The number of benzene rings is 1. The van der Waals surface area contributed by atoms with E-state index >= 15 is 0 Å². The summed E-state index contributed by atoms with van der Waals surface area (Å²) >= 11 is 5.81. The van der Waals surface area contributed by atoms with Gasteiger partial charge in [-0.25, -0.2) is 0 Å². The molecule has 0 atom stereocenters. The molecule has 0 aliphatic carbocycles. The summed E-state index contributed by atoms with van der Waals surface area (Å²) < 4.78 is 0. The Kier molecular flexibility index (Phi) is 2.37. The van der Waals surface area contributed by atoms with Crippen LogP contribution in [0.2, 0.25) is 5.02 Å². The Balaban J connectivity index is 2.53. The van der Waals surface area contributed by atoms with Crippen molar-refractivity contribution in [2.45, 2.75) is 0 Å². The van der Waals surface area contributed by atoms with Gasteiger partial charge in [0, 0.05) is 28.7 Å². The first-order chi connectivity index (χ1) is 6.77. The highest BCUT2D eigenvalue weighted by Crippen LogP contribution is 2.27. The van der Waals surface area contributed by atoms with Crippen LogP contribution in [0.1, 0.15) is 0 Å². The second kappa shape index (κ2) is 3.68. The zero-order valence-corrected chi connectivity index (χ0v) is 8.20. The second-order valence-electron chi connectivity index (χ2n) is 2.97. The molecule has 2 aromatic rings. The lowest BCUT2D eigenvalue weighted by Gasteiger charge is -2.05. The lowest BCUT2D eigenvalue weighted by atomic mass is 10.1. The third-order valence-electron chi connectivity index (χ3n) is 2.00. The van der Waals surface area contributed by atoms with Crippen LogP contribution in [0.25, 0.3) is 11.1 Å². The van der Waals surface area contributed by atoms with Crippen molar-refractivity contribution in [3.05, 3.63) is 47.7 Å². The largest absolute Gasteiger partial charge is 0.398 e. The number of nitrogens with two attached hydrogens (primary N) is 1. The van der Waals surface area contributed by atoms with Crippen molar-refractivity contribution in [1.29, 1.82) is 0 Å². The van der Waals surface area contributed by atoms with E-state index in [0.29, 0.717) is 10.7 Å². The molecule has 2 nitrogen and oxygen atoms in total. The predicted molar refractivity (Wildman–Crippen MR) is 59.1 cm³/mol. The summed E-state index contributed by atoms with van der Waals surface area (Å²) in [6.07, 6.45) is 3.48. The van der Waals surface area contributed by atoms with Crippen molar-refractivity contribution < 1.29 is 0 Å². The standard InChI is InChI=1S/C11H9ClN2/c12-9-1-2-10(11(13)7-9)8-3-5-14-6-4-8/h1-7H,13H2. The molecule has 1 heterocycles. The van der Waals surface area contributed by atoms with E-state index in [1.54, 1.807) is 18.5 Å². The molecule has 3 heteroatoms. The fraction of sp³-hybridized carbons (Fsp3) is 0. The van der Waals surface area contributed by atoms with E-state index in [4.69, 9.17) is 17.3 Å². The van der Waals surface area contributed by atoms with Gasteiger partial charge in [0.2, 0.25) is 0 Å². The minimum atomic E-state index is 0.653. The highest BCUT2D eigenvalue weighted by molar-refractivity contribution is 6.31. The number of nitrogen functional groups attached to an aromatic ring is 1. The van der Waals surface area contributed by atoms with Crippen LogP contribution in [-0.4, -0.2) is 4.98 Å². The molecule has 70 valence electrons. The number of anilines is 1. The molecule has 2 rings (SSSR count). The second-order valence-corrected chi connectivity index (χ2v) is 3.40. The molecule has 0 fully saturated rings.